The molecule has 3 unspecified atom stereocenters. The molecule has 2 heteroatoms. The maximum Gasteiger partial charge on any atom is 0.166 e. The average Bonchev–Trinajstić information content (AvgIpc) is 2.89. The summed E-state index contributed by atoms with van der Waals surface area (Å²) in [6, 6.07) is 6.11. The Hall–Kier alpha value is -1.18. The van der Waals surface area contributed by atoms with Gasteiger partial charge in [-0.15, -0.1) is 0 Å². The first-order valence-electron chi connectivity index (χ1n) is 6.04. The van der Waals surface area contributed by atoms with E-state index in [1.807, 2.05) is 0 Å². The van der Waals surface area contributed by atoms with Gasteiger partial charge in [-0.2, -0.15) is 0 Å². The zero-order chi connectivity index (χ0) is 11.1. The summed E-state index contributed by atoms with van der Waals surface area (Å²) in [5.41, 5.74) is 0.553. The molecule has 1 aromatic rings. The molecule has 1 nitrogen and oxygen atoms in total. The molecule has 1 aromatic carbocycles. The van der Waals surface area contributed by atoms with Gasteiger partial charge in [-0.1, -0.05) is 18.6 Å². The predicted octanol–water partition coefficient (Wildman–Crippen LogP) is 3.44. The molecule has 0 aromatic heterocycles. The van der Waals surface area contributed by atoms with Crippen molar-refractivity contribution in [3.8, 4) is 0 Å². The summed E-state index contributed by atoms with van der Waals surface area (Å²) in [6.07, 6.45) is 4.72. The smallest absolute Gasteiger partial charge is 0.166 e. The Kier molecular flexibility index (Phi) is 2.31. The van der Waals surface area contributed by atoms with Gasteiger partial charge in [0.2, 0.25) is 0 Å². The van der Waals surface area contributed by atoms with Gasteiger partial charge in [0, 0.05) is 11.5 Å². The van der Waals surface area contributed by atoms with Crippen LogP contribution in [0.25, 0.3) is 0 Å². The standard InChI is InChI=1S/C14H15FO/c15-12-3-1-2-11(8-12)14(16)13-7-9-4-5-10(13)6-9/h1-3,8-10,13H,4-7H2. The van der Waals surface area contributed by atoms with Crippen LogP contribution in [0.3, 0.4) is 0 Å². The lowest BCUT2D eigenvalue weighted by Gasteiger charge is -2.20. The summed E-state index contributed by atoms with van der Waals surface area (Å²) in [4.78, 5) is 12.2. The zero-order valence-corrected chi connectivity index (χ0v) is 9.16. The number of halogens is 1. The van der Waals surface area contributed by atoms with Gasteiger partial charge in [-0.05, 0) is 43.2 Å². The van der Waals surface area contributed by atoms with Gasteiger partial charge in [-0.25, -0.2) is 4.39 Å². The van der Waals surface area contributed by atoms with E-state index in [9.17, 15) is 9.18 Å². The van der Waals surface area contributed by atoms with Crippen LogP contribution in [0.1, 0.15) is 36.0 Å². The summed E-state index contributed by atoms with van der Waals surface area (Å²) in [7, 11) is 0. The number of fused-ring (bicyclic) bond motifs is 2. The van der Waals surface area contributed by atoms with Crippen molar-refractivity contribution in [2.75, 3.05) is 0 Å². The highest BCUT2D eigenvalue weighted by molar-refractivity contribution is 5.98. The molecule has 16 heavy (non-hydrogen) atoms. The van der Waals surface area contributed by atoms with Crippen molar-refractivity contribution in [3.05, 3.63) is 35.6 Å². The second kappa shape index (κ2) is 3.69. The van der Waals surface area contributed by atoms with E-state index in [1.165, 1.54) is 31.4 Å². The lowest BCUT2D eigenvalue weighted by molar-refractivity contribution is 0.0874. The SMILES string of the molecule is O=C(c1cccc(F)c1)C1CC2CCC1C2. The van der Waals surface area contributed by atoms with Crippen molar-refractivity contribution < 1.29 is 9.18 Å². The molecule has 2 aliphatic carbocycles. The van der Waals surface area contributed by atoms with Gasteiger partial charge in [0.25, 0.3) is 0 Å². The van der Waals surface area contributed by atoms with E-state index in [1.54, 1.807) is 12.1 Å². The number of rotatable bonds is 2. The van der Waals surface area contributed by atoms with Crippen molar-refractivity contribution in [2.45, 2.75) is 25.7 Å². The van der Waals surface area contributed by atoms with Crippen LogP contribution in [-0.2, 0) is 0 Å². The van der Waals surface area contributed by atoms with E-state index in [0.717, 1.165) is 12.3 Å². The van der Waals surface area contributed by atoms with Gasteiger partial charge < -0.3 is 0 Å². The molecule has 0 aliphatic heterocycles. The van der Waals surface area contributed by atoms with E-state index < -0.39 is 0 Å². The fourth-order valence-corrected chi connectivity index (χ4v) is 3.42. The van der Waals surface area contributed by atoms with E-state index in [2.05, 4.69) is 0 Å². The lowest BCUT2D eigenvalue weighted by atomic mass is 9.83. The van der Waals surface area contributed by atoms with Crippen LogP contribution in [0.15, 0.2) is 24.3 Å². The van der Waals surface area contributed by atoms with E-state index in [-0.39, 0.29) is 17.5 Å². The van der Waals surface area contributed by atoms with E-state index >= 15 is 0 Å². The first-order valence-corrected chi connectivity index (χ1v) is 6.04. The van der Waals surface area contributed by atoms with Gasteiger partial charge in [0.05, 0.1) is 0 Å². The molecule has 0 saturated heterocycles. The third-order valence-electron chi connectivity index (χ3n) is 4.18. The van der Waals surface area contributed by atoms with Crippen LogP contribution >= 0.6 is 0 Å². The molecule has 2 bridgehead atoms. The molecule has 2 fully saturated rings. The fourth-order valence-electron chi connectivity index (χ4n) is 3.42. The van der Waals surface area contributed by atoms with Crippen LogP contribution in [0.2, 0.25) is 0 Å². The molecule has 0 heterocycles. The van der Waals surface area contributed by atoms with Crippen molar-refractivity contribution >= 4 is 5.78 Å². The number of carbonyl (C=O) groups excluding carboxylic acids is 1. The van der Waals surface area contributed by atoms with Crippen LogP contribution in [0, 0.1) is 23.6 Å². The Labute approximate surface area is 94.7 Å². The third kappa shape index (κ3) is 1.57. The van der Waals surface area contributed by atoms with Crippen LogP contribution in [0.4, 0.5) is 4.39 Å². The van der Waals surface area contributed by atoms with E-state index in [4.69, 9.17) is 0 Å². The number of carbonyl (C=O) groups is 1. The maximum atomic E-state index is 13.1. The fraction of sp³-hybridized carbons (Fsp3) is 0.500. The Bertz CT molecular complexity index is 426. The van der Waals surface area contributed by atoms with Gasteiger partial charge in [0.15, 0.2) is 5.78 Å². The Morgan fingerprint density at radius 3 is 2.75 bits per heavy atom. The van der Waals surface area contributed by atoms with Crippen LogP contribution < -0.4 is 0 Å². The van der Waals surface area contributed by atoms with Crippen molar-refractivity contribution in [2.24, 2.45) is 17.8 Å². The number of hydrogen-bond donors (Lipinski definition) is 0. The number of ketones is 1. The van der Waals surface area contributed by atoms with Gasteiger partial charge in [0.1, 0.15) is 5.82 Å². The van der Waals surface area contributed by atoms with Crippen LogP contribution in [0.5, 0.6) is 0 Å². The first-order chi connectivity index (χ1) is 7.74. The van der Waals surface area contributed by atoms with Gasteiger partial charge >= 0.3 is 0 Å². The Morgan fingerprint density at radius 1 is 1.25 bits per heavy atom. The Morgan fingerprint density at radius 2 is 2.12 bits per heavy atom. The predicted molar refractivity (Wildman–Crippen MR) is 59.7 cm³/mol. The Balaban J connectivity index is 1.83. The highest BCUT2D eigenvalue weighted by Gasteiger charge is 2.43. The highest BCUT2D eigenvalue weighted by Crippen LogP contribution is 2.49. The average molecular weight is 218 g/mol. The largest absolute Gasteiger partial charge is 0.294 e. The van der Waals surface area contributed by atoms with Crippen molar-refractivity contribution in [3.63, 3.8) is 0 Å². The second-order valence-corrected chi connectivity index (χ2v) is 5.16. The summed E-state index contributed by atoms with van der Waals surface area (Å²) in [5.74, 6) is 1.34. The van der Waals surface area contributed by atoms with E-state index in [0.29, 0.717) is 11.5 Å². The second-order valence-electron chi connectivity index (χ2n) is 5.16. The molecular formula is C14H15FO. The molecule has 0 radical (unpaired) electrons. The molecule has 2 saturated carbocycles. The highest BCUT2D eigenvalue weighted by atomic mass is 19.1. The quantitative estimate of drug-likeness (QED) is 0.695. The number of hydrogen-bond acceptors (Lipinski definition) is 1. The van der Waals surface area contributed by atoms with Crippen molar-refractivity contribution in [1.29, 1.82) is 0 Å². The molecule has 2 aliphatic rings. The molecule has 3 atom stereocenters. The topological polar surface area (TPSA) is 17.1 Å². The summed E-state index contributed by atoms with van der Waals surface area (Å²) in [6.45, 7) is 0. The lowest BCUT2D eigenvalue weighted by Crippen LogP contribution is -2.21. The summed E-state index contributed by atoms with van der Waals surface area (Å²) in [5, 5.41) is 0. The monoisotopic (exact) mass is 218 g/mol. The first kappa shape index (κ1) is 10.0. The molecule has 84 valence electrons. The van der Waals surface area contributed by atoms with Crippen molar-refractivity contribution in [1.82, 2.24) is 0 Å². The third-order valence-corrected chi connectivity index (χ3v) is 4.18. The summed E-state index contributed by atoms with van der Waals surface area (Å²) < 4.78 is 13.1. The maximum absolute atomic E-state index is 13.1. The number of Topliss-reactive ketones (excluding diaryl/α,β-unsaturated/α-hetero) is 1. The molecule has 3 rings (SSSR count). The normalized spacial score (nSPS) is 31.9. The minimum atomic E-state index is -0.311. The molecule has 0 amide bonds. The van der Waals surface area contributed by atoms with Gasteiger partial charge in [-0.3, -0.25) is 4.79 Å². The molecule has 0 N–H and O–H groups in total. The minimum Gasteiger partial charge on any atom is -0.294 e. The zero-order valence-electron chi connectivity index (χ0n) is 9.16. The molecular weight excluding hydrogens is 203 g/mol. The summed E-state index contributed by atoms with van der Waals surface area (Å²) >= 11 is 0. The molecule has 0 spiro atoms. The minimum absolute atomic E-state index is 0.159. The number of benzene rings is 1. The van der Waals surface area contributed by atoms with Crippen LogP contribution in [-0.4, -0.2) is 5.78 Å².